The summed E-state index contributed by atoms with van der Waals surface area (Å²) < 4.78 is 5.12. The summed E-state index contributed by atoms with van der Waals surface area (Å²) >= 11 is 0. The second-order valence-electron chi connectivity index (χ2n) is 5.82. The fourth-order valence-corrected chi connectivity index (χ4v) is 2.69. The molecule has 7 nitrogen and oxygen atoms in total. The van der Waals surface area contributed by atoms with Crippen LogP contribution in [-0.4, -0.2) is 53.7 Å². The summed E-state index contributed by atoms with van der Waals surface area (Å²) in [5.74, 6) is 0.0827. The Morgan fingerprint density at radius 1 is 1.00 bits per heavy atom. The van der Waals surface area contributed by atoms with Crippen LogP contribution in [0.1, 0.15) is 27.8 Å². The Kier molecular flexibility index (Phi) is 4.83. The second-order valence-corrected chi connectivity index (χ2v) is 5.82. The fraction of sp³-hybridized carbons (Fsp3) is 0.278. The number of anilines is 1. The van der Waals surface area contributed by atoms with Crippen molar-refractivity contribution in [2.45, 2.75) is 6.92 Å². The Balaban J connectivity index is 1.56. The number of carbonyl (C=O) groups is 3. The first-order valence-electron chi connectivity index (χ1n) is 8.04. The van der Waals surface area contributed by atoms with Crippen LogP contribution < -0.4 is 5.32 Å². The molecule has 1 aliphatic heterocycles. The number of urea groups is 1. The van der Waals surface area contributed by atoms with Gasteiger partial charge in [-0.1, -0.05) is 12.1 Å². The summed E-state index contributed by atoms with van der Waals surface area (Å²) in [7, 11) is 0. The van der Waals surface area contributed by atoms with Crippen molar-refractivity contribution in [2.75, 3.05) is 31.5 Å². The van der Waals surface area contributed by atoms with Crippen molar-refractivity contribution in [1.82, 2.24) is 9.80 Å². The molecule has 0 unspecified atom stereocenters. The van der Waals surface area contributed by atoms with Crippen molar-refractivity contribution in [3.05, 3.63) is 54.0 Å². The van der Waals surface area contributed by atoms with Gasteiger partial charge in [-0.25, -0.2) is 4.79 Å². The van der Waals surface area contributed by atoms with Crippen molar-refractivity contribution in [1.29, 1.82) is 0 Å². The SMILES string of the molecule is CC(=O)c1cccc(NC(=O)N2CCN(C(=O)c3ccco3)CC2)c1. The smallest absolute Gasteiger partial charge is 0.321 e. The zero-order valence-electron chi connectivity index (χ0n) is 13.9. The highest BCUT2D eigenvalue weighted by atomic mass is 16.3. The second kappa shape index (κ2) is 7.21. The van der Waals surface area contributed by atoms with Gasteiger partial charge in [-0.3, -0.25) is 9.59 Å². The molecule has 1 fully saturated rings. The molecule has 1 aromatic heterocycles. The Morgan fingerprint density at radius 2 is 1.72 bits per heavy atom. The fourth-order valence-electron chi connectivity index (χ4n) is 2.69. The lowest BCUT2D eigenvalue weighted by Gasteiger charge is -2.34. The summed E-state index contributed by atoms with van der Waals surface area (Å²) in [4.78, 5) is 39.3. The van der Waals surface area contributed by atoms with E-state index in [2.05, 4.69) is 5.32 Å². The average Bonchev–Trinajstić information content (AvgIpc) is 3.16. The zero-order valence-corrected chi connectivity index (χ0v) is 13.9. The molecule has 1 N–H and O–H groups in total. The monoisotopic (exact) mass is 341 g/mol. The van der Waals surface area contributed by atoms with Crippen LogP contribution in [0, 0.1) is 0 Å². The summed E-state index contributed by atoms with van der Waals surface area (Å²) in [6.45, 7) is 3.24. The Morgan fingerprint density at radius 3 is 2.36 bits per heavy atom. The largest absolute Gasteiger partial charge is 0.459 e. The van der Waals surface area contributed by atoms with Crippen LogP contribution in [0.2, 0.25) is 0 Å². The molecule has 0 atom stereocenters. The minimum atomic E-state index is -0.245. The van der Waals surface area contributed by atoms with E-state index in [-0.39, 0.29) is 17.7 Å². The number of benzene rings is 1. The first kappa shape index (κ1) is 16.8. The molecule has 0 spiro atoms. The third-order valence-corrected chi connectivity index (χ3v) is 4.11. The molecule has 0 radical (unpaired) electrons. The number of hydrogen-bond acceptors (Lipinski definition) is 4. The highest BCUT2D eigenvalue weighted by Crippen LogP contribution is 2.14. The lowest BCUT2D eigenvalue weighted by Crippen LogP contribution is -2.51. The van der Waals surface area contributed by atoms with Crippen LogP contribution in [-0.2, 0) is 0 Å². The number of piperazine rings is 1. The molecule has 0 aliphatic carbocycles. The Labute approximate surface area is 145 Å². The number of nitrogens with one attached hydrogen (secondary N) is 1. The van der Waals surface area contributed by atoms with Gasteiger partial charge in [0.25, 0.3) is 5.91 Å². The highest BCUT2D eigenvalue weighted by molar-refractivity contribution is 5.97. The number of Topliss-reactive ketones (excluding diaryl/α,β-unsaturated/α-hetero) is 1. The van der Waals surface area contributed by atoms with Gasteiger partial charge < -0.3 is 19.5 Å². The first-order valence-corrected chi connectivity index (χ1v) is 8.04. The zero-order chi connectivity index (χ0) is 17.8. The van der Waals surface area contributed by atoms with Crippen molar-refractivity contribution in [2.24, 2.45) is 0 Å². The van der Waals surface area contributed by atoms with Crippen LogP contribution in [0.25, 0.3) is 0 Å². The molecule has 1 saturated heterocycles. The van der Waals surface area contributed by atoms with E-state index in [9.17, 15) is 14.4 Å². The van der Waals surface area contributed by atoms with E-state index in [4.69, 9.17) is 4.42 Å². The normalized spacial score (nSPS) is 14.3. The molecule has 3 amide bonds. The molecular formula is C18H19N3O4. The quantitative estimate of drug-likeness (QED) is 0.870. The van der Waals surface area contributed by atoms with Gasteiger partial charge in [0.2, 0.25) is 0 Å². The molecular weight excluding hydrogens is 322 g/mol. The number of ketones is 1. The number of furan rings is 1. The van der Waals surface area contributed by atoms with E-state index in [0.29, 0.717) is 43.2 Å². The topological polar surface area (TPSA) is 82.9 Å². The van der Waals surface area contributed by atoms with Crippen LogP contribution in [0.3, 0.4) is 0 Å². The van der Waals surface area contributed by atoms with Crippen LogP contribution in [0.15, 0.2) is 47.1 Å². The van der Waals surface area contributed by atoms with Gasteiger partial charge in [-0.2, -0.15) is 0 Å². The summed E-state index contributed by atoms with van der Waals surface area (Å²) in [6, 6.07) is 9.88. The maximum absolute atomic E-state index is 12.4. The summed E-state index contributed by atoms with van der Waals surface area (Å²) in [5, 5.41) is 2.79. The molecule has 25 heavy (non-hydrogen) atoms. The molecule has 0 saturated carbocycles. The van der Waals surface area contributed by atoms with Gasteiger partial charge in [0.15, 0.2) is 11.5 Å². The van der Waals surface area contributed by atoms with Gasteiger partial charge >= 0.3 is 6.03 Å². The number of rotatable bonds is 3. The van der Waals surface area contributed by atoms with Crippen LogP contribution >= 0.6 is 0 Å². The molecule has 1 aliphatic rings. The van der Waals surface area contributed by atoms with Crippen molar-refractivity contribution < 1.29 is 18.8 Å². The average molecular weight is 341 g/mol. The predicted octanol–water partition coefficient (Wildman–Crippen LogP) is 2.47. The van der Waals surface area contributed by atoms with Crippen LogP contribution in [0.5, 0.6) is 0 Å². The minimum absolute atomic E-state index is 0.0545. The number of amides is 3. The molecule has 130 valence electrons. The third kappa shape index (κ3) is 3.88. The lowest BCUT2D eigenvalue weighted by molar-refractivity contribution is 0.0640. The van der Waals surface area contributed by atoms with Crippen molar-refractivity contribution in [3.63, 3.8) is 0 Å². The van der Waals surface area contributed by atoms with Gasteiger partial charge in [-0.05, 0) is 31.2 Å². The predicted molar refractivity (Wildman–Crippen MR) is 91.6 cm³/mol. The van der Waals surface area contributed by atoms with Gasteiger partial charge in [0, 0.05) is 37.4 Å². The highest BCUT2D eigenvalue weighted by Gasteiger charge is 2.26. The van der Waals surface area contributed by atoms with E-state index < -0.39 is 0 Å². The maximum Gasteiger partial charge on any atom is 0.321 e. The van der Waals surface area contributed by atoms with Crippen LogP contribution in [0.4, 0.5) is 10.5 Å². The van der Waals surface area contributed by atoms with E-state index >= 15 is 0 Å². The minimum Gasteiger partial charge on any atom is -0.459 e. The summed E-state index contributed by atoms with van der Waals surface area (Å²) in [6.07, 6.45) is 1.46. The maximum atomic E-state index is 12.4. The summed E-state index contributed by atoms with van der Waals surface area (Å²) in [5.41, 5.74) is 1.12. The van der Waals surface area contributed by atoms with Gasteiger partial charge in [-0.15, -0.1) is 0 Å². The van der Waals surface area contributed by atoms with E-state index in [1.54, 1.807) is 46.2 Å². The standard InChI is InChI=1S/C18H19N3O4/c1-13(22)14-4-2-5-15(12-14)19-18(24)21-9-7-20(8-10-21)17(23)16-6-3-11-25-16/h2-6,11-12H,7-10H2,1H3,(H,19,24). The molecule has 1 aromatic carbocycles. The number of nitrogens with zero attached hydrogens (tertiary/aromatic N) is 2. The lowest BCUT2D eigenvalue weighted by atomic mass is 10.1. The first-order chi connectivity index (χ1) is 12.0. The van der Waals surface area contributed by atoms with Gasteiger partial charge in [0.05, 0.1) is 6.26 Å². The van der Waals surface area contributed by atoms with Crippen molar-refractivity contribution >= 4 is 23.4 Å². The van der Waals surface area contributed by atoms with Crippen molar-refractivity contribution in [3.8, 4) is 0 Å². The number of carbonyl (C=O) groups excluding carboxylic acids is 3. The molecule has 7 heteroatoms. The van der Waals surface area contributed by atoms with Gasteiger partial charge in [0.1, 0.15) is 0 Å². The van der Waals surface area contributed by atoms with E-state index in [1.165, 1.54) is 13.2 Å². The number of hydrogen-bond donors (Lipinski definition) is 1. The Hall–Kier alpha value is -3.09. The molecule has 2 heterocycles. The van der Waals surface area contributed by atoms with E-state index in [0.717, 1.165) is 0 Å². The third-order valence-electron chi connectivity index (χ3n) is 4.11. The molecule has 0 bridgehead atoms. The molecule has 2 aromatic rings. The van der Waals surface area contributed by atoms with E-state index in [1.807, 2.05) is 0 Å². The Bertz CT molecular complexity index is 777. The molecule has 3 rings (SSSR count).